The van der Waals surface area contributed by atoms with E-state index < -0.39 is 0 Å². The number of hydrogen-bond acceptors (Lipinski definition) is 4. The molecule has 2 amide bonds. The molecule has 24 heavy (non-hydrogen) atoms. The molecule has 6 nitrogen and oxygen atoms in total. The van der Waals surface area contributed by atoms with Gasteiger partial charge < -0.3 is 20.3 Å². The highest BCUT2D eigenvalue weighted by Gasteiger charge is 2.21. The van der Waals surface area contributed by atoms with E-state index in [2.05, 4.69) is 32.7 Å². The molecule has 1 atom stereocenters. The Hall–Kier alpha value is -1.66. The van der Waals surface area contributed by atoms with E-state index in [0.717, 1.165) is 65.1 Å². The van der Waals surface area contributed by atoms with Gasteiger partial charge in [0.15, 0.2) is 0 Å². The number of nitrogens with zero attached hydrogens (tertiary/aromatic N) is 2. The Kier molecular flexibility index (Phi) is 6.43. The third kappa shape index (κ3) is 5.46. The van der Waals surface area contributed by atoms with Crippen molar-refractivity contribution in [3.63, 3.8) is 0 Å². The quantitative estimate of drug-likeness (QED) is 0.827. The van der Waals surface area contributed by atoms with Crippen molar-refractivity contribution in [3.8, 4) is 0 Å². The number of carbonyl (C=O) groups is 1. The number of pyridine rings is 1. The number of likely N-dealkylation sites (tertiary alicyclic amines) is 1. The van der Waals surface area contributed by atoms with Crippen molar-refractivity contribution in [2.45, 2.75) is 31.7 Å². The minimum atomic E-state index is -0.0304. The second-order valence-corrected chi connectivity index (χ2v) is 6.81. The molecule has 1 aromatic rings. The summed E-state index contributed by atoms with van der Waals surface area (Å²) in [4.78, 5) is 18.5. The molecule has 0 spiro atoms. The van der Waals surface area contributed by atoms with Crippen LogP contribution in [0.1, 0.15) is 24.8 Å². The van der Waals surface area contributed by atoms with Crippen molar-refractivity contribution >= 4 is 6.03 Å². The average molecular weight is 332 g/mol. The van der Waals surface area contributed by atoms with Gasteiger partial charge in [-0.3, -0.25) is 4.98 Å². The van der Waals surface area contributed by atoms with E-state index in [0.29, 0.717) is 12.0 Å². The summed E-state index contributed by atoms with van der Waals surface area (Å²) >= 11 is 0. The average Bonchev–Trinajstić information content (AvgIpc) is 3.14. The summed E-state index contributed by atoms with van der Waals surface area (Å²) in [6, 6.07) is 4.42. The van der Waals surface area contributed by atoms with Gasteiger partial charge in [-0.1, -0.05) is 0 Å². The third-order valence-electron chi connectivity index (χ3n) is 4.96. The molecule has 0 aromatic carbocycles. The molecule has 0 aliphatic carbocycles. The standard InChI is InChI=1S/C18H28N4O2/c23-18(20-13-16-6-12-24-14-16)21-17-4-10-22(11-5-17)9-3-15-1-7-19-8-2-15/h1-2,7-8,16-17H,3-6,9-14H2,(H2,20,21,23)/t16-/m0/s1. The Morgan fingerprint density at radius 1 is 1.25 bits per heavy atom. The van der Waals surface area contributed by atoms with Crippen LogP contribution in [0, 0.1) is 5.92 Å². The topological polar surface area (TPSA) is 66.5 Å². The van der Waals surface area contributed by atoms with Crippen LogP contribution in [0.5, 0.6) is 0 Å². The Labute approximate surface area is 144 Å². The lowest BCUT2D eigenvalue weighted by molar-refractivity contribution is 0.183. The number of piperidine rings is 1. The number of hydrogen-bond donors (Lipinski definition) is 2. The Morgan fingerprint density at radius 3 is 2.75 bits per heavy atom. The van der Waals surface area contributed by atoms with Crippen LogP contribution in [-0.4, -0.2) is 61.3 Å². The molecule has 0 unspecified atom stereocenters. The maximum absolute atomic E-state index is 12.0. The fraction of sp³-hybridized carbons (Fsp3) is 0.667. The van der Waals surface area contributed by atoms with Crippen LogP contribution in [-0.2, 0) is 11.2 Å². The van der Waals surface area contributed by atoms with Gasteiger partial charge in [-0.25, -0.2) is 4.79 Å². The monoisotopic (exact) mass is 332 g/mol. The molecule has 2 aliphatic heterocycles. The van der Waals surface area contributed by atoms with Crippen molar-refractivity contribution < 1.29 is 9.53 Å². The molecule has 0 bridgehead atoms. The number of amides is 2. The summed E-state index contributed by atoms with van der Waals surface area (Å²) in [7, 11) is 0. The summed E-state index contributed by atoms with van der Waals surface area (Å²) in [6.45, 7) is 5.49. The third-order valence-corrected chi connectivity index (χ3v) is 4.96. The van der Waals surface area contributed by atoms with Gasteiger partial charge in [-0.15, -0.1) is 0 Å². The second-order valence-electron chi connectivity index (χ2n) is 6.81. The molecule has 3 rings (SSSR count). The minimum absolute atomic E-state index is 0.0304. The van der Waals surface area contributed by atoms with Gasteiger partial charge in [0.2, 0.25) is 0 Å². The van der Waals surface area contributed by atoms with Crippen LogP contribution in [0.25, 0.3) is 0 Å². The van der Waals surface area contributed by atoms with Crippen LogP contribution in [0.2, 0.25) is 0 Å². The van der Waals surface area contributed by atoms with E-state index in [-0.39, 0.29) is 6.03 Å². The number of nitrogens with one attached hydrogen (secondary N) is 2. The number of carbonyl (C=O) groups excluding carboxylic acids is 1. The van der Waals surface area contributed by atoms with Gasteiger partial charge >= 0.3 is 6.03 Å². The van der Waals surface area contributed by atoms with Gasteiger partial charge in [0.1, 0.15) is 0 Å². The van der Waals surface area contributed by atoms with E-state index in [1.807, 2.05) is 12.4 Å². The summed E-state index contributed by atoms with van der Waals surface area (Å²) in [5.74, 6) is 0.478. The van der Waals surface area contributed by atoms with E-state index in [1.165, 1.54) is 5.56 Å². The zero-order valence-electron chi connectivity index (χ0n) is 14.2. The van der Waals surface area contributed by atoms with Crippen LogP contribution < -0.4 is 10.6 Å². The molecular weight excluding hydrogens is 304 g/mol. The van der Waals surface area contributed by atoms with Gasteiger partial charge in [-0.05, 0) is 43.4 Å². The molecule has 132 valence electrons. The second kappa shape index (κ2) is 8.99. The summed E-state index contributed by atoms with van der Waals surface area (Å²) in [5, 5.41) is 6.09. The maximum atomic E-state index is 12.0. The molecule has 2 saturated heterocycles. The maximum Gasteiger partial charge on any atom is 0.315 e. The number of rotatable bonds is 6. The summed E-state index contributed by atoms with van der Waals surface area (Å²) in [6.07, 6.45) is 7.86. The highest BCUT2D eigenvalue weighted by molar-refractivity contribution is 5.74. The minimum Gasteiger partial charge on any atom is -0.381 e. The zero-order chi connectivity index (χ0) is 16.6. The van der Waals surface area contributed by atoms with Crippen molar-refractivity contribution in [2.75, 3.05) is 39.4 Å². The molecule has 0 saturated carbocycles. The number of urea groups is 1. The fourth-order valence-electron chi connectivity index (χ4n) is 3.36. The van der Waals surface area contributed by atoms with Crippen molar-refractivity contribution in [2.24, 2.45) is 5.92 Å². The molecule has 6 heteroatoms. The first kappa shape index (κ1) is 17.2. The van der Waals surface area contributed by atoms with Gasteiger partial charge in [0.05, 0.1) is 6.61 Å². The summed E-state index contributed by atoms with van der Waals surface area (Å²) in [5.41, 5.74) is 1.33. The van der Waals surface area contributed by atoms with Crippen molar-refractivity contribution in [3.05, 3.63) is 30.1 Å². The zero-order valence-corrected chi connectivity index (χ0v) is 14.2. The summed E-state index contributed by atoms with van der Waals surface area (Å²) < 4.78 is 5.33. The molecule has 2 aliphatic rings. The van der Waals surface area contributed by atoms with E-state index in [1.54, 1.807) is 0 Å². The molecule has 2 N–H and O–H groups in total. The predicted molar refractivity (Wildman–Crippen MR) is 92.9 cm³/mol. The lowest BCUT2D eigenvalue weighted by atomic mass is 10.0. The van der Waals surface area contributed by atoms with Gasteiger partial charge in [0, 0.05) is 57.1 Å². The van der Waals surface area contributed by atoms with E-state index in [4.69, 9.17) is 4.74 Å². The Bertz CT molecular complexity index is 497. The Morgan fingerprint density at radius 2 is 2.04 bits per heavy atom. The molecule has 1 aromatic heterocycles. The Balaban J connectivity index is 1.29. The lowest BCUT2D eigenvalue weighted by Gasteiger charge is -2.32. The van der Waals surface area contributed by atoms with Gasteiger partial charge in [0.25, 0.3) is 0 Å². The van der Waals surface area contributed by atoms with Crippen LogP contribution in [0.15, 0.2) is 24.5 Å². The molecule has 3 heterocycles. The van der Waals surface area contributed by atoms with E-state index >= 15 is 0 Å². The molecule has 0 radical (unpaired) electrons. The van der Waals surface area contributed by atoms with Crippen LogP contribution in [0.3, 0.4) is 0 Å². The largest absolute Gasteiger partial charge is 0.381 e. The van der Waals surface area contributed by atoms with Crippen molar-refractivity contribution in [1.82, 2.24) is 20.5 Å². The number of aromatic nitrogens is 1. The highest BCUT2D eigenvalue weighted by Crippen LogP contribution is 2.12. The molecule has 2 fully saturated rings. The number of ether oxygens (including phenoxy) is 1. The van der Waals surface area contributed by atoms with E-state index in [9.17, 15) is 4.79 Å². The first-order chi connectivity index (χ1) is 11.8. The van der Waals surface area contributed by atoms with Gasteiger partial charge in [-0.2, -0.15) is 0 Å². The predicted octanol–water partition coefficient (Wildman–Crippen LogP) is 1.42. The SMILES string of the molecule is O=C(NC[C@@H]1CCOC1)NC1CCN(CCc2ccncc2)CC1. The lowest BCUT2D eigenvalue weighted by Crippen LogP contribution is -2.48. The van der Waals surface area contributed by atoms with Crippen LogP contribution >= 0.6 is 0 Å². The van der Waals surface area contributed by atoms with Crippen LogP contribution in [0.4, 0.5) is 4.79 Å². The molecular formula is C18H28N4O2. The first-order valence-corrected chi connectivity index (χ1v) is 9.03. The first-order valence-electron chi connectivity index (χ1n) is 9.03. The van der Waals surface area contributed by atoms with Crippen molar-refractivity contribution in [1.29, 1.82) is 0 Å². The fourth-order valence-corrected chi connectivity index (χ4v) is 3.36. The highest BCUT2D eigenvalue weighted by atomic mass is 16.5. The smallest absolute Gasteiger partial charge is 0.315 e. The normalized spacial score (nSPS) is 22.4.